The van der Waals surface area contributed by atoms with Crippen molar-refractivity contribution in [2.24, 2.45) is 0 Å². The average Bonchev–Trinajstić information content (AvgIpc) is 3.19. The van der Waals surface area contributed by atoms with E-state index >= 15 is 0 Å². The first-order chi connectivity index (χ1) is 16.5. The van der Waals surface area contributed by atoms with Crippen LogP contribution in [0, 0.1) is 0 Å². The molecule has 3 N–H and O–H groups in total. The smallest absolute Gasteiger partial charge is 0.419 e. The second kappa shape index (κ2) is 8.91. The second-order valence-corrected chi connectivity index (χ2v) is 9.18. The summed E-state index contributed by atoms with van der Waals surface area (Å²) in [6, 6.07) is 11.2. The zero-order valence-electron chi connectivity index (χ0n) is 18.0. The molecule has 9 nitrogen and oxygen atoms in total. The number of aromatic hydroxyl groups is 1. The van der Waals surface area contributed by atoms with Crippen LogP contribution in [-0.2, 0) is 22.7 Å². The number of benzene rings is 2. The van der Waals surface area contributed by atoms with Crippen molar-refractivity contribution < 1.29 is 26.7 Å². The Morgan fingerprint density at radius 2 is 1.86 bits per heavy atom. The molecular weight excluding hydrogens is 485 g/mol. The third kappa shape index (κ3) is 4.62. The third-order valence-electron chi connectivity index (χ3n) is 5.21. The summed E-state index contributed by atoms with van der Waals surface area (Å²) >= 11 is 0. The SMILES string of the molecule is C=CS(=O)(=O)N(CCn1nc(-c2ccc(C(F)(F)F)c(O)c2)c2c(N)ncnc21)c1ccccc1. The van der Waals surface area contributed by atoms with Crippen LogP contribution < -0.4 is 10.0 Å². The largest absolute Gasteiger partial charge is 0.507 e. The average molecular weight is 504 g/mol. The highest BCUT2D eigenvalue weighted by Crippen LogP contribution is 2.39. The maximum atomic E-state index is 13.1. The van der Waals surface area contributed by atoms with Crippen molar-refractivity contribution >= 4 is 32.6 Å². The summed E-state index contributed by atoms with van der Waals surface area (Å²) in [5.74, 6) is -0.949. The van der Waals surface area contributed by atoms with Gasteiger partial charge in [-0.05, 0) is 24.3 Å². The number of anilines is 2. The van der Waals surface area contributed by atoms with Gasteiger partial charge in [-0.2, -0.15) is 18.3 Å². The van der Waals surface area contributed by atoms with E-state index in [0.717, 1.165) is 27.9 Å². The maximum Gasteiger partial charge on any atom is 0.419 e. The second-order valence-electron chi connectivity index (χ2n) is 7.38. The van der Waals surface area contributed by atoms with Gasteiger partial charge < -0.3 is 10.8 Å². The highest BCUT2D eigenvalue weighted by Gasteiger charge is 2.34. The number of fused-ring (bicyclic) bond motifs is 1. The van der Waals surface area contributed by atoms with Crippen molar-refractivity contribution in [3.8, 4) is 17.0 Å². The lowest BCUT2D eigenvalue weighted by molar-refractivity contribution is -0.138. The topological polar surface area (TPSA) is 127 Å². The molecule has 0 bridgehead atoms. The quantitative estimate of drug-likeness (QED) is 0.392. The molecule has 182 valence electrons. The van der Waals surface area contributed by atoms with Crippen LogP contribution in [0.3, 0.4) is 0 Å². The molecule has 0 aliphatic heterocycles. The van der Waals surface area contributed by atoms with Crippen molar-refractivity contribution in [2.75, 3.05) is 16.6 Å². The normalized spacial score (nSPS) is 12.1. The van der Waals surface area contributed by atoms with Crippen LogP contribution in [0.15, 0.2) is 66.8 Å². The van der Waals surface area contributed by atoms with E-state index in [4.69, 9.17) is 5.73 Å². The lowest BCUT2D eigenvalue weighted by atomic mass is 10.1. The molecule has 4 rings (SSSR count). The molecule has 0 saturated carbocycles. The summed E-state index contributed by atoms with van der Waals surface area (Å²) in [5, 5.41) is 15.5. The molecular formula is C22H19F3N6O3S. The van der Waals surface area contributed by atoms with Crippen LogP contribution >= 0.6 is 0 Å². The van der Waals surface area contributed by atoms with Crippen LogP contribution in [0.4, 0.5) is 24.7 Å². The minimum atomic E-state index is -4.73. The van der Waals surface area contributed by atoms with Crippen LogP contribution in [0.25, 0.3) is 22.3 Å². The Labute approximate surface area is 198 Å². The lowest BCUT2D eigenvalue weighted by Gasteiger charge is -2.22. The number of phenolic OH excluding ortho intramolecular Hbond substituents is 1. The Bertz CT molecular complexity index is 1500. The van der Waals surface area contributed by atoms with Crippen molar-refractivity contribution in [2.45, 2.75) is 12.7 Å². The van der Waals surface area contributed by atoms with Gasteiger partial charge in [0.2, 0.25) is 0 Å². The first-order valence-corrected chi connectivity index (χ1v) is 11.6. The molecule has 0 amide bonds. The number of para-hydroxylation sites is 1. The standard InChI is InChI=1S/C22H19F3N6O3S/c1-2-35(33,34)31(15-6-4-3-5-7-15)11-10-30-21-18(20(26)27-13-28-21)19(29-30)14-8-9-16(17(32)12-14)22(23,24)25/h2-9,12-13,32H,1,10-11H2,(H2,26,27,28). The lowest BCUT2D eigenvalue weighted by Crippen LogP contribution is -2.32. The van der Waals surface area contributed by atoms with Crippen molar-refractivity contribution in [1.29, 1.82) is 0 Å². The van der Waals surface area contributed by atoms with Gasteiger partial charge in [0, 0.05) is 11.0 Å². The van der Waals surface area contributed by atoms with Crippen LogP contribution in [-0.4, -0.2) is 39.8 Å². The minimum absolute atomic E-state index is 0.0154. The summed E-state index contributed by atoms with van der Waals surface area (Å²) in [4.78, 5) is 8.11. The van der Waals surface area contributed by atoms with Gasteiger partial charge in [0.1, 0.15) is 23.6 Å². The number of nitrogen functional groups attached to an aromatic ring is 1. The molecule has 4 aromatic rings. The van der Waals surface area contributed by atoms with Crippen molar-refractivity contribution in [1.82, 2.24) is 19.7 Å². The fourth-order valence-corrected chi connectivity index (χ4v) is 4.51. The summed E-state index contributed by atoms with van der Waals surface area (Å²) < 4.78 is 67.0. The number of sulfonamides is 1. The molecule has 0 saturated heterocycles. The minimum Gasteiger partial charge on any atom is -0.507 e. The molecule has 0 aliphatic rings. The molecule has 0 spiro atoms. The number of rotatable bonds is 7. The highest BCUT2D eigenvalue weighted by molar-refractivity contribution is 7.95. The number of nitrogens with two attached hydrogens (primary N) is 1. The molecule has 13 heteroatoms. The third-order valence-corrected chi connectivity index (χ3v) is 6.64. The van der Waals surface area contributed by atoms with Gasteiger partial charge in [-0.1, -0.05) is 30.8 Å². The van der Waals surface area contributed by atoms with Gasteiger partial charge in [0.15, 0.2) is 5.65 Å². The van der Waals surface area contributed by atoms with E-state index in [-0.39, 0.29) is 41.2 Å². The van der Waals surface area contributed by atoms with E-state index in [0.29, 0.717) is 5.69 Å². The summed E-state index contributed by atoms with van der Waals surface area (Å²) in [5.41, 5.74) is 5.77. The van der Waals surface area contributed by atoms with Gasteiger partial charge in [0.25, 0.3) is 10.0 Å². The maximum absolute atomic E-state index is 13.1. The Morgan fingerprint density at radius 3 is 2.49 bits per heavy atom. The van der Waals surface area contributed by atoms with E-state index in [9.17, 15) is 26.7 Å². The number of alkyl halides is 3. The monoisotopic (exact) mass is 504 g/mol. The molecule has 0 fully saturated rings. The predicted molar refractivity (Wildman–Crippen MR) is 125 cm³/mol. The highest BCUT2D eigenvalue weighted by atomic mass is 32.2. The van der Waals surface area contributed by atoms with E-state index < -0.39 is 27.5 Å². The fourth-order valence-electron chi connectivity index (χ4n) is 3.58. The number of aromatic nitrogens is 4. The van der Waals surface area contributed by atoms with Crippen LogP contribution in [0.1, 0.15) is 5.56 Å². The Hall–Kier alpha value is -4.13. The molecule has 2 heterocycles. The predicted octanol–water partition coefficient (Wildman–Crippen LogP) is 3.78. The van der Waals surface area contributed by atoms with Gasteiger partial charge >= 0.3 is 6.18 Å². The van der Waals surface area contributed by atoms with Gasteiger partial charge in [-0.15, -0.1) is 0 Å². The van der Waals surface area contributed by atoms with Crippen molar-refractivity contribution in [3.05, 3.63) is 72.4 Å². The van der Waals surface area contributed by atoms with E-state index in [2.05, 4.69) is 21.6 Å². The van der Waals surface area contributed by atoms with Gasteiger partial charge in [-0.3, -0.25) is 4.31 Å². The molecule has 2 aromatic carbocycles. The van der Waals surface area contributed by atoms with Crippen LogP contribution in [0.5, 0.6) is 5.75 Å². The number of hydrogen-bond donors (Lipinski definition) is 2. The van der Waals surface area contributed by atoms with E-state index in [1.165, 1.54) is 11.0 Å². The number of phenols is 1. The van der Waals surface area contributed by atoms with Gasteiger partial charge in [-0.25, -0.2) is 23.1 Å². The molecule has 0 aliphatic carbocycles. The molecule has 2 aromatic heterocycles. The number of hydrogen-bond acceptors (Lipinski definition) is 7. The Kier molecular flexibility index (Phi) is 6.11. The number of nitrogens with zero attached hydrogens (tertiary/aromatic N) is 5. The molecule has 35 heavy (non-hydrogen) atoms. The van der Waals surface area contributed by atoms with E-state index in [1.807, 2.05) is 0 Å². The Morgan fingerprint density at radius 1 is 1.14 bits per heavy atom. The first kappa shape index (κ1) is 24.0. The zero-order valence-corrected chi connectivity index (χ0v) is 18.8. The van der Waals surface area contributed by atoms with E-state index in [1.54, 1.807) is 30.3 Å². The molecule has 0 radical (unpaired) electrons. The number of halogens is 3. The summed E-state index contributed by atoms with van der Waals surface area (Å²) in [6.45, 7) is 3.34. The Balaban J connectivity index is 1.77. The summed E-state index contributed by atoms with van der Waals surface area (Å²) in [7, 11) is -3.86. The fraction of sp³-hybridized carbons (Fsp3) is 0.136. The summed E-state index contributed by atoms with van der Waals surface area (Å²) in [6.07, 6.45) is -3.54. The zero-order chi connectivity index (χ0) is 25.4. The van der Waals surface area contributed by atoms with Crippen LogP contribution in [0.2, 0.25) is 0 Å². The van der Waals surface area contributed by atoms with Crippen molar-refractivity contribution in [3.63, 3.8) is 0 Å². The first-order valence-electron chi connectivity index (χ1n) is 10.1. The molecule has 0 unspecified atom stereocenters. The molecule has 0 atom stereocenters. The van der Waals surface area contributed by atoms with Gasteiger partial charge in [0.05, 0.1) is 29.7 Å².